The van der Waals surface area contributed by atoms with Crippen molar-refractivity contribution in [1.82, 2.24) is 10.6 Å². The van der Waals surface area contributed by atoms with Crippen LogP contribution in [0.4, 0.5) is 4.39 Å². The SMILES string of the molecule is O=C(NCc1c(F)cccc1Cl)[C@H](OCc1ccccc1)[C@H](O)[C@@H](O)[C@@H](OCc1ccccc1)C(=O)N[C@H]1c2ccccc2C[C@H]1O. The number of halogens is 2. The van der Waals surface area contributed by atoms with Gasteiger partial charge in [-0.15, -0.1) is 0 Å². The lowest BCUT2D eigenvalue weighted by molar-refractivity contribution is -0.171. The van der Waals surface area contributed by atoms with Gasteiger partial charge in [-0.2, -0.15) is 0 Å². The van der Waals surface area contributed by atoms with Crippen LogP contribution >= 0.6 is 11.6 Å². The second-order valence-corrected chi connectivity index (χ2v) is 11.7. The third-order valence-electron chi connectivity index (χ3n) is 8.03. The fourth-order valence-electron chi connectivity index (χ4n) is 5.50. The highest BCUT2D eigenvalue weighted by atomic mass is 35.5. The normalized spacial score (nSPS) is 18.1. The second-order valence-electron chi connectivity index (χ2n) is 11.3. The molecule has 0 bridgehead atoms. The highest BCUT2D eigenvalue weighted by Crippen LogP contribution is 2.31. The zero-order valence-electron chi connectivity index (χ0n) is 25.3. The Labute approximate surface area is 276 Å². The first-order valence-electron chi connectivity index (χ1n) is 15.2. The van der Waals surface area contributed by atoms with Gasteiger partial charge in [-0.25, -0.2) is 4.39 Å². The number of rotatable bonds is 14. The standard InChI is InChI=1S/C36H36ClFN2O7/c37-27-16-9-17-28(38)26(27)19-39-35(44)33(46-20-22-10-3-1-4-11-22)31(42)32(43)34(47-21-23-12-5-2-6-13-23)36(45)40-30-25-15-8-7-14-24(25)18-29(30)41/h1-17,29-34,41-43H,18-21H2,(H,39,44)(H,40,45)/t29-,30+,31-,32-,33-,34-/m1/s1. The minimum Gasteiger partial charge on any atom is -0.390 e. The zero-order chi connectivity index (χ0) is 33.3. The Balaban J connectivity index is 1.38. The molecule has 0 fully saturated rings. The minimum atomic E-state index is -1.98. The van der Waals surface area contributed by atoms with Crippen LogP contribution < -0.4 is 10.6 Å². The molecule has 0 unspecified atom stereocenters. The van der Waals surface area contributed by atoms with Crippen molar-refractivity contribution in [2.45, 2.75) is 62.7 Å². The van der Waals surface area contributed by atoms with Crippen LogP contribution in [0.2, 0.25) is 5.02 Å². The third kappa shape index (κ3) is 8.61. The molecule has 4 aromatic rings. The van der Waals surface area contributed by atoms with Gasteiger partial charge in [-0.3, -0.25) is 9.59 Å². The first-order valence-corrected chi connectivity index (χ1v) is 15.5. The molecule has 5 N–H and O–H groups in total. The van der Waals surface area contributed by atoms with E-state index in [1.807, 2.05) is 18.2 Å². The fourth-order valence-corrected chi connectivity index (χ4v) is 5.73. The Morgan fingerprint density at radius 3 is 1.94 bits per heavy atom. The number of carbonyl (C=O) groups excluding carboxylic acids is 2. The van der Waals surface area contributed by atoms with E-state index < -0.39 is 54.2 Å². The van der Waals surface area contributed by atoms with Crippen molar-refractivity contribution in [3.63, 3.8) is 0 Å². The van der Waals surface area contributed by atoms with Crippen molar-refractivity contribution in [3.8, 4) is 0 Å². The van der Waals surface area contributed by atoms with E-state index in [1.165, 1.54) is 18.2 Å². The Kier molecular flexibility index (Phi) is 11.7. The molecule has 0 heterocycles. The molecule has 1 aliphatic rings. The summed E-state index contributed by atoms with van der Waals surface area (Å²) in [4.78, 5) is 27.3. The summed E-state index contributed by atoms with van der Waals surface area (Å²) in [6, 6.07) is 28.3. The molecule has 47 heavy (non-hydrogen) atoms. The number of carbonyl (C=O) groups is 2. The molecule has 0 aromatic heterocycles. The van der Waals surface area contributed by atoms with Gasteiger partial charge in [-0.05, 0) is 34.4 Å². The predicted molar refractivity (Wildman–Crippen MR) is 172 cm³/mol. The van der Waals surface area contributed by atoms with Crippen LogP contribution in [-0.2, 0) is 45.2 Å². The summed E-state index contributed by atoms with van der Waals surface area (Å²) in [5.74, 6) is -2.33. The van der Waals surface area contributed by atoms with Gasteiger partial charge in [-0.1, -0.05) is 103 Å². The highest BCUT2D eigenvalue weighted by Gasteiger charge is 2.42. The Bertz CT molecular complexity index is 1620. The highest BCUT2D eigenvalue weighted by molar-refractivity contribution is 6.31. The van der Waals surface area contributed by atoms with Crippen LogP contribution in [0.25, 0.3) is 0 Å². The van der Waals surface area contributed by atoms with E-state index in [-0.39, 0.29) is 30.3 Å². The largest absolute Gasteiger partial charge is 0.390 e. The number of ether oxygens (including phenoxy) is 2. The molecule has 6 atom stereocenters. The van der Waals surface area contributed by atoms with Crippen molar-refractivity contribution >= 4 is 23.4 Å². The van der Waals surface area contributed by atoms with Crippen LogP contribution in [0.1, 0.15) is 33.9 Å². The monoisotopic (exact) mass is 662 g/mol. The van der Waals surface area contributed by atoms with Crippen molar-refractivity contribution in [1.29, 1.82) is 0 Å². The van der Waals surface area contributed by atoms with E-state index in [0.29, 0.717) is 17.5 Å². The summed E-state index contributed by atoms with van der Waals surface area (Å²) in [6.07, 6.45) is -7.97. The quantitative estimate of drug-likeness (QED) is 0.139. The van der Waals surface area contributed by atoms with Crippen LogP contribution in [0.5, 0.6) is 0 Å². The van der Waals surface area contributed by atoms with Gasteiger partial charge in [0.1, 0.15) is 18.0 Å². The van der Waals surface area contributed by atoms with Gasteiger partial charge in [0.25, 0.3) is 11.8 Å². The molecule has 0 spiro atoms. The number of nitrogens with one attached hydrogen (secondary N) is 2. The number of aliphatic hydroxyl groups is 3. The van der Waals surface area contributed by atoms with Crippen LogP contribution in [-0.4, -0.2) is 57.7 Å². The molecule has 0 radical (unpaired) electrons. The molecule has 0 aliphatic heterocycles. The fraction of sp³-hybridized carbons (Fsp3) is 0.278. The number of hydrogen-bond acceptors (Lipinski definition) is 7. The molecule has 5 rings (SSSR count). The smallest absolute Gasteiger partial charge is 0.252 e. The van der Waals surface area contributed by atoms with Gasteiger partial charge in [0.15, 0.2) is 12.2 Å². The van der Waals surface area contributed by atoms with Crippen molar-refractivity contribution in [3.05, 3.63) is 142 Å². The van der Waals surface area contributed by atoms with Crippen molar-refractivity contribution < 1.29 is 38.8 Å². The number of aliphatic hydroxyl groups excluding tert-OH is 3. The molecule has 11 heteroatoms. The van der Waals surface area contributed by atoms with Gasteiger partial charge in [0, 0.05) is 23.6 Å². The molecule has 2 amide bonds. The maximum absolute atomic E-state index is 14.4. The lowest BCUT2D eigenvalue weighted by Gasteiger charge is -2.31. The van der Waals surface area contributed by atoms with E-state index >= 15 is 0 Å². The summed E-state index contributed by atoms with van der Waals surface area (Å²) in [5, 5.41) is 39.1. The third-order valence-corrected chi connectivity index (χ3v) is 8.39. The summed E-state index contributed by atoms with van der Waals surface area (Å²) in [7, 11) is 0. The number of amides is 2. The van der Waals surface area contributed by atoms with E-state index in [9.17, 15) is 29.3 Å². The van der Waals surface area contributed by atoms with Gasteiger partial charge < -0.3 is 35.4 Å². The predicted octanol–water partition coefficient (Wildman–Crippen LogP) is 3.76. The van der Waals surface area contributed by atoms with Crippen LogP contribution in [0.3, 0.4) is 0 Å². The first kappa shape index (κ1) is 34.2. The topological polar surface area (TPSA) is 137 Å². The van der Waals surface area contributed by atoms with Crippen molar-refractivity contribution in [2.75, 3.05) is 0 Å². The minimum absolute atomic E-state index is 0.0261. The molecular weight excluding hydrogens is 627 g/mol. The Morgan fingerprint density at radius 1 is 0.787 bits per heavy atom. The number of fused-ring (bicyclic) bond motifs is 1. The molecule has 0 saturated carbocycles. The van der Waals surface area contributed by atoms with Gasteiger partial charge in [0.05, 0.1) is 25.4 Å². The molecule has 4 aromatic carbocycles. The number of benzene rings is 4. The average molecular weight is 663 g/mol. The van der Waals surface area contributed by atoms with E-state index in [0.717, 1.165) is 11.1 Å². The lowest BCUT2D eigenvalue weighted by atomic mass is 10.00. The number of hydrogen-bond donors (Lipinski definition) is 5. The zero-order valence-corrected chi connectivity index (χ0v) is 26.1. The lowest BCUT2D eigenvalue weighted by Crippen LogP contribution is -2.56. The molecule has 1 aliphatic carbocycles. The Hall–Kier alpha value is -4.16. The van der Waals surface area contributed by atoms with Crippen LogP contribution in [0.15, 0.2) is 103 Å². The maximum Gasteiger partial charge on any atom is 0.252 e. The van der Waals surface area contributed by atoms with Crippen LogP contribution in [0, 0.1) is 5.82 Å². The summed E-state index contributed by atoms with van der Waals surface area (Å²) in [6.45, 7) is -0.568. The van der Waals surface area contributed by atoms with Crippen molar-refractivity contribution in [2.24, 2.45) is 0 Å². The van der Waals surface area contributed by atoms with E-state index in [4.69, 9.17) is 21.1 Å². The Morgan fingerprint density at radius 2 is 1.34 bits per heavy atom. The molecule has 0 saturated heterocycles. The molecule has 246 valence electrons. The summed E-state index contributed by atoms with van der Waals surface area (Å²) in [5.41, 5.74) is 2.98. The average Bonchev–Trinajstić information content (AvgIpc) is 3.39. The van der Waals surface area contributed by atoms with E-state index in [2.05, 4.69) is 10.6 Å². The summed E-state index contributed by atoms with van der Waals surface area (Å²) < 4.78 is 26.2. The first-order chi connectivity index (χ1) is 22.7. The van der Waals surface area contributed by atoms with Gasteiger partial charge in [0.2, 0.25) is 0 Å². The summed E-state index contributed by atoms with van der Waals surface area (Å²) >= 11 is 6.13. The van der Waals surface area contributed by atoms with Gasteiger partial charge >= 0.3 is 0 Å². The second kappa shape index (κ2) is 16.1. The molecule has 9 nitrogen and oxygen atoms in total. The maximum atomic E-state index is 14.4. The molecular formula is C36H36ClFN2O7. The van der Waals surface area contributed by atoms with E-state index in [1.54, 1.807) is 66.7 Å².